The lowest BCUT2D eigenvalue weighted by Crippen LogP contribution is -2.11. The van der Waals surface area contributed by atoms with E-state index in [2.05, 4.69) is 13.2 Å². The van der Waals surface area contributed by atoms with E-state index >= 15 is 0 Å². The third-order valence-electron chi connectivity index (χ3n) is 0.333. The molecule has 0 radical (unpaired) electrons. The monoisotopic (exact) mass is 193 g/mol. The first-order chi connectivity index (χ1) is 6.24. The van der Waals surface area contributed by atoms with Crippen LogP contribution in [-0.4, -0.2) is 32.7 Å². The Morgan fingerprint density at radius 1 is 0.692 bits per heavy atom. The van der Waals surface area contributed by atoms with Crippen molar-refractivity contribution in [2.45, 2.75) is 6.92 Å². The molecule has 0 amide bonds. The third kappa shape index (κ3) is 443. The van der Waals surface area contributed by atoms with E-state index in [9.17, 15) is 0 Å². The Hall–Kier alpha value is -0.460. The molecule has 0 unspecified atom stereocenters. The fourth-order valence-corrected chi connectivity index (χ4v) is 0. The SMILES string of the molecule is C=C.CCN.NCCN.NCCN. The van der Waals surface area contributed by atoms with Crippen molar-refractivity contribution in [2.24, 2.45) is 28.7 Å². The van der Waals surface area contributed by atoms with E-state index < -0.39 is 0 Å². The van der Waals surface area contributed by atoms with Gasteiger partial charge in [0.05, 0.1) is 0 Å². The number of hydrogen-bond acceptors (Lipinski definition) is 5. The molecule has 0 saturated carbocycles. The minimum Gasteiger partial charge on any atom is -0.331 e. The van der Waals surface area contributed by atoms with Crippen LogP contribution in [0, 0.1) is 0 Å². The number of hydrogen-bond donors (Lipinski definition) is 5. The van der Waals surface area contributed by atoms with E-state index in [1.165, 1.54) is 0 Å². The summed E-state index contributed by atoms with van der Waals surface area (Å²) in [5.74, 6) is 0. The van der Waals surface area contributed by atoms with E-state index in [4.69, 9.17) is 28.7 Å². The van der Waals surface area contributed by atoms with Gasteiger partial charge in [-0.2, -0.15) is 0 Å². The highest BCUT2D eigenvalue weighted by Crippen LogP contribution is 1.24. The maximum Gasteiger partial charge on any atom is 0.00461 e. The lowest BCUT2D eigenvalue weighted by Gasteiger charge is -1.72. The normalized spacial score (nSPS) is 6.31. The second kappa shape index (κ2) is 62.2. The Balaban J connectivity index is -0.0000000431. The first kappa shape index (κ1) is 22.9. The fourth-order valence-electron chi connectivity index (χ4n) is 0. The van der Waals surface area contributed by atoms with Crippen LogP contribution in [0.4, 0.5) is 0 Å². The second-order valence-electron chi connectivity index (χ2n) is 1.56. The zero-order valence-corrected chi connectivity index (χ0v) is 8.84. The molecule has 0 saturated heterocycles. The van der Waals surface area contributed by atoms with Gasteiger partial charge in [0.1, 0.15) is 0 Å². The predicted molar refractivity (Wildman–Crippen MR) is 62.2 cm³/mol. The van der Waals surface area contributed by atoms with Crippen LogP contribution in [0.3, 0.4) is 0 Å². The second-order valence-corrected chi connectivity index (χ2v) is 1.56. The number of nitrogens with two attached hydrogens (primary N) is 5. The molecule has 13 heavy (non-hydrogen) atoms. The Kier molecular flexibility index (Phi) is 110. The van der Waals surface area contributed by atoms with Crippen LogP contribution in [0.25, 0.3) is 0 Å². The first-order valence-electron chi connectivity index (χ1n) is 4.25. The zero-order valence-electron chi connectivity index (χ0n) is 8.84. The van der Waals surface area contributed by atoms with E-state index in [1.54, 1.807) is 0 Å². The van der Waals surface area contributed by atoms with Gasteiger partial charge in [-0.3, -0.25) is 0 Å². The van der Waals surface area contributed by atoms with Gasteiger partial charge >= 0.3 is 0 Å². The summed E-state index contributed by atoms with van der Waals surface area (Å²) in [5.41, 5.74) is 24.5. The molecule has 10 N–H and O–H groups in total. The molecule has 0 aromatic carbocycles. The lowest BCUT2D eigenvalue weighted by molar-refractivity contribution is 0.976. The Morgan fingerprint density at radius 2 is 0.769 bits per heavy atom. The molecule has 0 heterocycles. The molecule has 0 aromatic heterocycles. The van der Waals surface area contributed by atoms with Crippen molar-refractivity contribution in [1.82, 2.24) is 0 Å². The van der Waals surface area contributed by atoms with Gasteiger partial charge < -0.3 is 28.7 Å². The van der Waals surface area contributed by atoms with Gasteiger partial charge in [-0.25, -0.2) is 0 Å². The molecule has 0 aliphatic heterocycles. The standard InChI is InChI=1S/2C2H8N2.C2H7N.C2H4/c2*3-1-2-4;1-2-3;1-2/h2*1-4H2;2-3H2,1H3;1-2H2. The molecule has 84 valence electrons. The van der Waals surface area contributed by atoms with E-state index in [0.29, 0.717) is 26.2 Å². The molecule has 0 aliphatic rings. The highest BCUT2D eigenvalue weighted by molar-refractivity contribution is 4.26. The smallest absolute Gasteiger partial charge is 0.00461 e. The maximum absolute atomic E-state index is 4.90. The molecular formula is C8H27N5. The maximum atomic E-state index is 4.90. The van der Waals surface area contributed by atoms with Gasteiger partial charge in [-0.15, -0.1) is 13.2 Å². The van der Waals surface area contributed by atoms with Gasteiger partial charge in [0.2, 0.25) is 0 Å². The van der Waals surface area contributed by atoms with Crippen LogP contribution in [0.15, 0.2) is 13.2 Å². The van der Waals surface area contributed by atoms with Crippen molar-refractivity contribution in [2.75, 3.05) is 32.7 Å². The zero-order chi connectivity index (χ0) is 11.5. The Labute approximate surface area is 82.3 Å². The molecule has 0 rings (SSSR count). The largest absolute Gasteiger partial charge is 0.331 e. The molecule has 0 aromatic rings. The van der Waals surface area contributed by atoms with Crippen molar-refractivity contribution >= 4 is 0 Å². The summed E-state index contributed by atoms with van der Waals surface area (Å²) in [6, 6.07) is 0. The van der Waals surface area contributed by atoms with Gasteiger partial charge in [0.25, 0.3) is 0 Å². The van der Waals surface area contributed by atoms with Crippen molar-refractivity contribution in [3.63, 3.8) is 0 Å². The summed E-state index contributed by atoms with van der Waals surface area (Å²) in [6.07, 6.45) is 0. The molecule has 0 aliphatic carbocycles. The Morgan fingerprint density at radius 3 is 0.769 bits per heavy atom. The summed E-state index contributed by atoms with van der Waals surface area (Å²) < 4.78 is 0. The van der Waals surface area contributed by atoms with Crippen molar-refractivity contribution < 1.29 is 0 Å². The van der Waals surface area contributed by atoms with E-state index in [-0.39, 0.29) is 0 Å². The Bertz CT molecular complexity index is 35.5. The third-order valence-corrected chi connectivity index (χ3v) is 0.333. The van der Waals surface area contributed by atoms with Crippen LogP contribution < -0.4 is 28.7 Å². The quantitative estimate of drug-likeness (QED) is 0.343. The molecule has 0 fully saturated rings. The molecule has 5 heteroatoms. The highest BCUT2D eigenvalue weighted by Gasteiger charge is 1.54. The summed E-state index contributed by atoms with van der Waals surface area (Å²) in [7, 11) is 0. The topological polar surface area (TPSA) is 130 Å². The predicted octanol–water partition coefficient (Wildman–Crippen LogP) is -1.43. The highest BCUT2D eigenvalue weighted by atomic mass is 14.6. The van der Waals surface area contributed by atoms with Crippen LogP contribution in [0.1, 0.15) is 6.92 Å². The fraction of sp³-hybridized carbons (Fsp3) is 0.750. The minimum absolute atomic E-state index is 0.597. The van der Waals surface area contributed by atoms with Crippen molar-refractivity contribution in [3.05, 3.63) is 13.2 Å². The number of rotatable bonds is 2. The van der Waals surface area contributed by atoms with E-state index in [1.807, 2.05) is 6.92 Å². The first-order valence-corrected chi connectivity index (χ1v) is 4.25. The molecule has 0 atom stereocenters. The lowest BCUT2D eigenvalue weighted by atomic mass is 10.7. The van der Waals surface area contributed by atoms with Crippen LogP contribution in [-0.2, 0) is 0 Å². The molecule has 5 nitrogen and oxygen atoms in total. The molecular weight excluding hydrogens is 166 g/mol. The van der Waals surface area contributed by atoms with Crippen molar-refractivity contribution in [3.8, 4) is 0 Å². The van der Waals surface area contributed by atoms with Crippen LogP contribution in [0.2, 0.25) is 0 Å². The van der Waals surface area contributed by atoms with Crippen LogP contribution in [0.5, 0.6) is 0 Å². The van der Waals surface area contributed by atoms with E-state index in [0.717, 1.165) is 6.54 Å². The molecule has 0 bridgehead atoms. The average molecular weight is 193 g/mol. The average Bonchev–Trinajstić information content (AvgIpc) is 2.22. The van der Waals surface area contributed by atoms with Gasteiger partial charge in [0.15, 0.2) is 0 Å². The summed E-state index contributed by atoms with van der Waals surface area (Å²) in [4.78, 5) is 0. The van der Waals surface area contributed by atoms with Gasteiger partial charge in [0, 0.05) is 26.2 Å². The van der Waals surface area contributed by atoms with Gasteiger partial charge in [-0.1, -0.05) is 6.92 Å². The summed E-state index contributed by atoms with van der Waals surface area (Å²) in [6.45, 7) is 11.0. The summed E-state index contributed by atoms with van der Waals surface area (Å²) >= 11 is 0. The van der Waals surface area contributed by atoms with Gasteiger partial charge in [-0.05, 0) is 6.54 Å². The minimum atomic E-state index is 0.597. The van der Waals surface area contributed by atoms with Crippen LogP contribution >= 0.6 is 0 Å². The summed E-state index contributed by atoms with van der Waals surface area (Å²) in [5, 5.41) is 0. The molecule has 0 spiro atoms. The van der Waals surface area contributed by atoms with Crippen molar-refractivity contribution in [1.29, 1.82) is 0 Å².